The van der Waals surface area contributed by atoms with Gasteiger partial charge in [0.1, 0.15) is 6.04 Å². The molecule has 10 heteroatoms. The first-order valence-corrected chi connectivity index (χ1v) is 9.82. The molecule has 2 rings (SSSR count). The molecule has 1 aromatic rings. The van der Waals surface area contributed by atoms with Crippen molar-refractivity contribution in [2.45, 2.75) is 37.2 Å². The Kier molecular flexibility index (Phi) is 5.82. The van der Waals surface area contributed by atoms with E-state index in [-0.39, 0.29) is 17.7 Å². The van der Waals surface area contributed by atoms with Gasteiger partial charge in [0.05, 0.1) is 10.8 Å². The smallest absolute Gasteiger partial charge is 0.244 e. The molecular formula is C14H17F3N2O3S2. The standard InChI is InChI=1S/C14H17F3N2O3S2/c1-3-8(2)18-14(20)12-6-23-7-19(12)24(21,22)9-4-10(15)13(17)11(16)5-9/h4-5,8,12H,3,6-7H2,1-2H3,(H,18,20)/t8-,12+/m0/s1. The van der Waals surface area contributed by atoms with Crippen molar-refractivity contribution in [2.75, 3.05) is 11.6 Å². The average molecular weight is 382 g/mol. The molecule has 1 heterocycles. The van der Waals surface area contributed by atoms with E-state index in [1.165, 1.54) is 11.8 Å². The molecule has 1 amide bonds. The molecule has 2 atom stereocenters. The number of benzene rings is 1. The third-order valence-electron chi connectivity index (χ3n) is 3.71. The summed E-state index contributed by atoms with van der Waals surface area (Å²) >= 11 is 1.21. The van der Waals surface area contributed by atoms with Crippen molar-refractivity contribution in [3.63, 3.8) is 0 Å². The molecule has 1 saturated heterocycles. The molecule has 1 aliphatic heterocycles. The summed E-state index contributed by atoms with van der Waals surface area (Å²) < 4.78 is 65.8. The van der Waals surface area contributed by atoms with Crippen LogP contribution in [-0.4, -0.2) is 42.3 Å². The van der Waals surface area contributed by atoms with Gasteiger partial charge in [0.2, 0.25) is 15.9 Å². The molecule has 134 valence electrons. The molecule has 0 radical (unpaired) electrons. The van der Waals surface area contributed by atoms with E-state index in [2.05, 4.69) is 5.32 Å². The normalized spacial score (nSPS) is 20.1. The van der Waals surface area contributed by atoms with Gasteiger partial charge in [-0.05, 0) is 25.5 Å². The molecule has 0 bridgehead atoms. The first-order chi connectivity index (χ1) is 11.2. The van der Waals surface area contributed by atoms with Crippen LogP contribution in [-0.2, 0) is 14.8 Å². The van der Waals surface area contributed by atoms with Crippen LogP contribution in [0.25, 0.3) is 0 Å². The number of carbonyl (C=O) groups excluding carboxylic acids is 1. The maximum atomic E-state index is 13.3. The first kappa shape index (κ1) is 19.1. The number of nitrogens with one attached hydrogen (secondary N) is 1. The Balaban J connectivity index is 2.32. The van der Waals surface area contributed by atoms with Gasteiger partial charge in [-0.3, -0.25) is 4.79 Å². The fourth-order valence-corrected chi connectivity index (χ4v) is 5.30. The van der Waals surface area contributed by atoms with Gasteiger partial charge in [-0.1, -0.05) is 6.92 Å². The zero-order valence-corrected chi connectivity index (χ0v) is 14.7. The predicted molar refractivity (Wildman–Crippen MR) is 84.3 cm³/mol. The van der Waals surface area contributed by atoms with Crippen molar-refractivity contribution in [3.8, 4) is 0 Å². The number of halogens is 3. The van der Waals surface area contributed by atoms with Crippen LogP contribution in [0.15, 0.2) is 17.0 Å². The maximum Gasteiger partial charge on any atom is 0.244 e. The van der Waals surface area contributed by atoms with Gasteiger partial charge in [0.25, 0.3) is 0 Å². The predicted octanol–water partition coefficient (Wildman–Crippen LogP) is 2.08. The summed E-state index contributed by atoms with van der Waals surface area (Å²) in [6.07, 6.45) is 0.673. The number of carbonyl (C=O) groups is 1. The van der Waals surface area contributed by atoms with E-state index >= 15 is 0 Å². The molecule has 1 N–H and O–H groups in total. The second-order valence-electron chi connectivity index (χ2n) is 5.43. The third kappa shape index (κ3) is 3.70. The van der Waals surface area contributed by atoms with Crippen LogP contribution in [0.3, 0.4) is 0 Å². The molecule has 5 nitrogen and oxygen atoms in total. The van der Waals surface area contributed by atoms with Crippen LogP contribution in [0, 0.1) is 17.5 Å². The Bertz CT molecular complexity index is 720. The minimum absolute atomic E-state index is 0.0262. The van der Waals surface area contributed by atoms with E-state index in [9.17, 15) is 26.4 Å². The number of nitrogens with zero attached hydrogens (tertiary/aromatic N) is 1. The summed E-state index contributed by atoms with van der Waals surface area (Å²) in [6, 6.07) is -0.278. The number of thioether (sulfide) groups is 1. The lowest BCUT2D eigenvalue weighted by Gasteiger charge is -2.24. The number of sulfonamides is 1. The maximum absolute atomic E-state index is 13.3. The van der Waals surface area contributed by atoms with E-state index in [0.717, 1.165) is 4.31 Å². The highest BCUT2D eigenvalue weighted by Gasteiger charge is 2.40. The van der Waals surface area contributed by atoms with Gasteiger partial charge in [0.15, 0.2) is 17.5 Å². The van der Waals surface area contributed by atoms with E-state index in [1.807, 2.05) is 6.92 Å². The van der Waals surface area contributed by atoms with E-state index in [0.29, 0.717) is 18.6 Å². The summed E-state index contributed by atoms with van der Waals surface area (Å²) in [7, 11) is -4.33. The highest BCUT2D eigenvalue weighted by atomic mass is 32.2. The number of amides is 1. The SMILES string of the molecule is CC[C@H](C)NC(=O)[C@H]1CSCN1S(=O)(=O)c1cc(F)c(F)c(F)c1. The van der Waals surface area contributed by atoms with Gasteiger partial charge in [0, 0.05) is 11.8 Å². The fraction of sp³-hybridized carbons (Fsp3) is 0.500. The van der Waals surface area contributed by atoms with Crippen LogP contribution >= 0.6 is 11.8 Å². The van der Waals surface area contributed by atoms with Gasteiger partial charge >= 0.3 is 0 Å². The quantitative estimate of drug-likeness (QED) is 0.792. The van der Waals surface area contributed by atoms with Crippen molar-refractivity contribution < 1.29 is 26.4 Å². The zero-order chi connectivity index (χ0) is 18.1. The second-order valence-corrected chi connectivity index (χ2v) is 8.32. The summed E-state index contributed by atoms with van der Waals surface area (Å²) in [4.78, 5) is 11.5. The van der Waals surface area contributed by atoms with E-state index in [1.54, 1.807) is 6.92 Å². The van der Waals surface area contributed by atoms with E-state index in [4.69, 9.17) is 0 Å². The van der Waals surface area contributed by atoms with Crippen molar-refractivity contribution in [3.05, 3.63) is 29.6 Å². The van der Waals surface area contributed by atoms with Gasteiger partial charge in [-0.2, -0.15) is 4.31 Å². The van der Waals surface area contributed by atoms with E-state index < -0.39 is 44.3 Å². The van der Waals surface area contributed by atoms with Crippen molar-refractivity contribution >= 4 is 27.7 Å². The van der Waals surface area contributed by atoms with Crippen molar-refractivity contribution in [1.82, 2.24) is 9.62 Å². The summed E-state index contributed by atoms with van der Waals surface area (Å²) in [5, 5.41) is 2.69. The molecule has 0 unspecified atom stereocenters. The van der Waals surface area contributed by atoms with Crippen LogP contribution in [0.2, 0.25) is 0 Å². The topological polar surface area (TPSA) is 66.5 Å². The minimum atomic E-state index is -4.33. The van der Waals surface area contributed by atoms with Crippen molar-refractivity contribution in [1.29, 1.82) is 0 Å². The molecule has 0 aromatic heterocycles. The highest BCUT2D eigenvalue weighted by molar-refractivity contribution is 8.00. The monoisotopic (exact) mass is 382 g/mol. The largest absolute Gasteiger partial charge is 0.352 e. The lowest BCUT2D eigenvalue weighted by atomic mass is 10.2. The van der Waals surface area contributed by atoms with Crippen LogP contribution in [0.1, 0.15) is 20.3 Å². The number of hydrogen-bond donors (Lipinski definition) is 1. The Morgan fingerprint density at radius 1 is 1.38 bits per heavy atom. The Morgan fingerprint density at radius 3 is 2.50 bits per heavy atom. The summed E-state index contributed by atoms with van der Waals surface area (Å²) in [5.41, 5.74) is 0. The summed E-state index contributed by atoms with van der Waals surface area (Å²) in [6.45, 7) is 3.65. The third-order valence-corrected chi connectivity index (χ3v) is 6.72. The molecule has 0 saturated carbocycles. The number of rotatable bonds is 5. The molecule has 1 aromatic carbocycles. The van der Waals surface area contributed by atoms with Gasteiger partial charge in [-0.15, -0.1) is 11.8 Å². The lowest BCUT2D eigenvalue weighted by molar-refractivity contribution is -0.124. The average Bonchev–Trinajstić information content (AvgIpc) is 3.02. The van der Waals surface area contributed by atoms with Gasteiger partial charge in [-0.25, -0.2) is 21.6 Å². The first-order valence-electron chi connectivity index (χ1n) is 7.23. The Hall–Kier alpha value is -1.26. The fourth-order valence-electron chi connectivity index (χ4n) is 2.13. The van der Waals surface area contributed by atoms with Crippen LogP contribution < -0.4 is 5.32 Å². The zero-order valence-electron chi connectivity index (χ0n) is 13.1. The van der Waals surface area contributed by atoms with Crippen LogP contribution in [0.4, 0.5) is 13.2 Å². The summed E-state index contributed by atoms with van der Waals surface area (Å²) in [5.74, 6) is -5.20. The van der Waals surface area contributed by atoms with Crippen LogP contribution in [0.5, 0.6) is 0 Å². The Labute approximate surface area is 142 Å². The molecule has 24 heavy (non-hydrogen) atoms. The van der Waals surface area contributed by atoms with Crippen molar-refractivity contribution in [2.24, 2.45) is 0 Å². The van der Waals surface area contributed by atoms with Gasteiger partial charge < -0.3 is 5.32 Å². The molecule has 1 fully saturated rings. The minimum Gasteiger partial charge on any atom is -0.352 e. The molecule has 0 spiro atoms. The second kappa shape index (κ2) is 7.32. The molecule has 0 aliphatic carbocycles. The Morgan fingerprint density at radius 2 is 1.96 bits per heavy atom. The number of hydrogen-bond acceptors (Lipinski definition) is 4. The lowest BCUT2D eigenvalue weighted by Crippen LogP contribution is -2.49. The highest BCUT2D eigenvalue weighted by Crippen LogP contribution is 2.29. The molecular weight excluding hydrogens is 365 g/mol. The molecule has 1 aliphatic rings.